The summed E-state index contributed by atoms with van der Waals surface area (Å²) in [7, 11) is 3.28. The van der Waals surface area contributed by atoms with Gasteiger partial charge in [0.05, 0.1) is 7.11 Å². The Morgan fingerprint density at radius 1 is 0.900 bits per heavy atom. The smallest absolute Gasteiger partial charge is 0.355 e. The van der Waals surface area contributed by atoms with Gasteiger partial charge >= 0.3 is 5.97 Å². The molecule has 0 aliphatic rings. The summed E-state index contributed by atoms with van der Waals surface area (Å²) < 4.78 is 11.7. The van der Waals surface area contributed by atoms with E-state index in [2.05, 4.69) is 10.6 Å². The third kappa shape index (κ3) is 5.26. The molecule has 1 heterocycles. The van der Waals surface area contributed by atoms with E-state index >= 15 is 0 Å². The lowest BCUT2D eigenvalue weighted by Gasteiger charge is -2.09. The van der Waals surface area contributed by atoms with E-state index in [0.717, 1.165) is 0 Å². The molecule has 0 aliphatic carbocycles. The zero-order valence-corrected chi connectivity index (χ0v) is 16.5. The highest BCUT2D eigenvalue weighted by atomic mass is 16.5. The van der Waals surface area contributed by atoms with E-state index in [0.29, 0.717) is 28.4 Å². The molecule has 0 atom stereocenters. The fourth-order valence-corrected chi connectivity index (χ4v) is 2.66. The van der Waals surface area contributed by atoms with Crippen LogP contribution in [-0.2, 0) is 16.6 Å². The molecule has 0 aliphatic heterocycles. The van der Waals surface area contributed by atoms with Crippen molar-refractivity contribution < 1.29 is 23.9 Å². The van der Waals surface area contributed by atoms with Gasteiger partial charge in [0.2, 0.25) is 0 Å². The van der Waals surface area contributed by atoms with Crippen LogP contribution in [0.3, 0.4) is 0 Å². The number of carbonyl (C=O) groups excluding carboxylic acids is 3. The molecule has 0 unspecified atom stereocenters. The van der Waals surface area contributed by atoms with Gasteiger partial charge in [-0.2, -0.15) is 0 Å². The van der Waals surface area contributed by atoms with Crippen molar-refractivity contribution in [2.45, 2.75) is 0 Å². The van der Waals surface area contributed by atoms with Gasteiger partial charge in [0.1, 0.15) is 11.4 Å². The average Bonchev–Trinajstić information content (AvgIpc) is 3.19. The number of anilines is 2. The number of rotatable bonds is 7. The summed E-state index contributed by atoms with van der Waals surface area (Å²) in [6.45, 7) is -0.413. The summed E-state index contributed by atoms with van der Waals surface area (Å²) in [5.74, 6) is -0.645. The van der Waals surface area contributed by atoms with Gasteiger partial charge in [0, 0.05) is 30.2 Å². The summed E-state index contributed by atoms with van der Waals surface area (Å²) in [5, 5.41) is 5.40. The van der Waals surface area contributed by atoms with Crippen LogP contribution in [0.5, 0.6) is 5.75 Å². The van der Waals surface area contributed by atoms with Crippen molar-refractivity contribution >= 4 is 29.2 Å². The molecule has 8 heteroatoms. The number of ether oxygens (including phenoxy) is 2. The standard InChI is InChI=1S/C22H21N3O5/c1-25-13-3-4-19(25)22(28)30-14-20(26)23-16-7-5-15(6-8-16)21(27)24-17-9-11-18(29-2)12-10-17/h3-13H,14H2,1-2H3,(H,23,26)(H,24,27). The zero-order chi connectivity index (χ0) is 21.5. The molecular formula is C22H21N3O5. The van der Waals surface area contributed by atoms with Crippen LogP contribution < -0.4 is 15.4 Å². The van der Waals surface area contributed by atoms with Crippen molar-refractivity contribution in [3.8, 4) is 5.75 Å². The Labute approximate surface area is 173 Å². The SMILES string of the molecule is COc1ccc(NC(=O)c2ccc(NC(=O)COC(=O)c3cccn3C)cc2)cc1. The van der Waals surface area contributed by atoms with Gasteiger partial charge in [0.25, 0.3) is 11.8 Å². The first-order valence-electron chi connectivity index (χ1n) is 9.10. The number of amides is 2. The predicted octanol–water partition coefficient (Wildman–Crippen LogP) is 3.08. The first-order chi connectivity index (χ1) is 14.5. The molecule has 0 spiro atoms. The van der Waals surface area contributed by atoms with Gasteiger partial charge in [-0.05, 0) is 60.7 Å². The molecule has 0 radical (unpaired) electrons. The number of hydrogen-bond donors (Lipinski definition) is 2. The van der Waals surface area contributed by atoms with E-state index in [1.165, 1.54) is 0 Å². The number of benzene rings is 2. The quantitative estimate of drug-likeness (QED) is 0.587. The molecular weight excluding hydrogens is 386 g/mol. The molecule has 3 aromatic rings. The third-order valence-corrected chi connectivity index (χ3v) is 4.27. The number of aromatic nitrogens is 1. The van der Waals surface area contributed by atoms with E-state index < -0.39 is 18.5 Å². The lowest BCUT2D eigenvalue weighted by atomic mass is 10.2. The first kappa shape index (κ1) is 20.7. The highest BCUT2D eigenvalue weighted by Gasteiger charge is 2.13. The fourth-order valence-electron chi connectivity index (χ4n) is 2.66. The molecule has 0 saturated heterocycles. The fraction of sp³-hybridized carbons (Fsp3) is 0.136. The highest BCUT2D eigenvalue weighted by Crippen LogP contribution is 2.17. The second kappa shape index (κ2) is 9.42. The molecule has 30 heavy (non-hydrogen) atoms. The minimum Gasteiger partial charge on any atom is -0.497 e. The minimum absolute atomic E-state index is 0.283. The Hall–Kier alpha value is -4.07. The summed E-state index contributed by atoms with van der Waals surface area (Å²) >= 11 is 0. The van der Waals surface area contributed by atoms with Gasteiger partial charge < -0.3 is 24.7 Å². The molecule has 2 N–H and O–H groups in total. The van der Waals surface area contributed by atoms with Crippen LogP contribution in [0.1, 0.15) is 20.8 Å². The van der Waals surface area contributed by atoms with Crippen molar-refractivity contribution in [3.63, 3.8) is 0 Å². The van der Waals surface area contributed by atoms with Crippen molar-refractivity contribution in [1.82, 2.24) is 4.57 Å². The molecule has 1 aromatic heterocycles. The van der Waals surface area contributed by atoms with Crippen molar-refractivity contribution in [2.24, 2.45) is 7.05 Å². The van der Waals surface area contributed by atoms with E-state index in [-0.39, 0.29) is 5.91 Å². The second-order valence-corrected chi connectivity index (χ2v) is 6.39. The zero-order valence-electron chi connectivity index (χ0n) is 16.5. The van der Waals surface area contributed by atoms with Crippen LogP contribution in [0.2, 0.25) is 0 Å². The van der Waals surface area contributed by atoms with E-state index in [9.17, 15) is 14.4 Å². The Morgan fingerprint density at radius 3 is 2.13 bits per heavy atom. The van der Waals surface area contributed by atoms with Crippen molar-refractivity contribution in [3.05, 3.63) is 78.1 Å². The summed E-state index contributed by atoms with van der Waals surface area (Å²) in [5.41, 5.74) is 1.91. The van der Waals surface area contributed by atoms with E-state index in [4.69, 9.17) is 9.47 Å². The molecule has 2 amide bonds. The predicted molar refractivity (Wildman–Crippen MR) is 112 cm³/mol. The minimum atomic E-state index is -0.580. The number of nitrogens with one attached hydrogen (secondary N) is 2. The lowest BCUT2D eigenvalue weighted by Crippen LogP contribution is -2.21. The molecule has 0 saturated carbocycles. The lowest BCUT2D eigenvalue weighted by molar-refractivity contribution is -0.119. The molecule has 3 rings (SSSR count). The maximum absolute atomic E-state index is 12.3. The number of aryl methyl sites for hydroxylation is 1. The number of esters is 1. The van der Waals surface area contributed by atoms with Crippen LogP contribution in [0.25, 0.3) is 0 Å². The van der Waals surface area contributed by atoms with Gasteiger partial charge in [-0.3, -0.25) is 9.59 Å². The third-order valence-electron chi connectivity index (χ3n) is 4.27. The van der Waals surface area contributed by atoms with Crippen LogP contribution in [0, 0.1) is 0 Å². The number of nitrogens with zero attached hydrogens (tertiary/aromatic N) is 1. The first-order valence-corrected chi connectivity index (χ1v) is 9.10. The molecule has 154 valence electrons. The Kier molecular flexibility index (Phi) is 6.49. The Balaban J connectivity index is 1.50. The average molecular weight is 407 g/mol. The van der Waals surface area contributed by atoms with Gasteiger partial charge in [-0.1, -0.05) is 0 Å². The Morgan fingerprint density at radius 2 is 1.53 bits per heavy atom. The number of carbonyl (C=O) groups is 3. The van der Waals surface area contributed by atoms with E-state index in [1.807, 2.05) is 0 Å². The Bertz CT molecular complexity index is 1040. The molecule has 8 nitrogen and oxygen atoms in total. The molecule has 0 bridgehead atoms. The van der Waals surface area contributed by atoms with Crippen molar-refractivity contribution in [1.29, 1.82) is 0 Å². The monoisotopic (exact) mass is 407 g/mol. The van der Waals surface area contributed by atoms with Crippen LogP contribution in [0.4, 0.5) is 11.4 Å². The van der Waals surface area contributed by atoms with E-state index in [1.54, 1.807) is 85.6 Å². The number of methoxy groups -OCH3 is 1. The normalized spacial score (nSPS) is 10.2. The van der Waals surface area contributed by atoms with Gasteiger partial charge in [0.15, 0.2) is 6.61 Å². The summed E-state index contributed by atoms with van der Waals surface area (Å²) in [6, 6.07) is 16.7. The van der Waals surface area contributed by atoms with Crippen LogP contribution in [0.15, 0.2) is 66.9 Å². The summed E-state index contributed by atoms with van der Waals surface area (Å²) in [6.07, 6.45) is 1.71. The van der Waals surface area contributed by atoms with Crippen LogP contribution >= 0.6 is 0 Å². The largest absolute Gasteiger partial charge is 0.497 e. The maximum atomic E-state index is 12.3. The number of hydrogen-bond acceptors (Lipinski definition) is 5. The van der Waals surface area contributed by atoms with Crippen molar-refractivity contribution in [2.75, 3.05) is 24.4 Å². The van der Waals surface area contributed by atoms with Gasteiger partial charge in [-0.15, -0.1) is 0 Å². The van der Waals surface area contributed by atoms with Gasteiger partial charge in [-0.25, -0.2) is 4.79 Å². The topological polar surface area (TPSA) is 98.7 Å². The molecule has 0 fully saturated rings. The summed E-state index contributed by atoms with van der Waals surface area (Å²) in [4.78, 5) is 36.2. The highest BCUT2D eigenvalue weighted by molar-refractivity contribution is 6.04. The molecule has 2 aromatic carbocycles. The second-order valence-electron chi connectivity index (χ2n) is 6.39. The maximum Gasteiger partial charge on any atom is 0.355 e. The van der Waals surface area contributed by atoms with Crippen LogP contribution in [-0.4, -0.2) is 36.1 Å².